The summed E-state index contributed by atoms with van der Waals surface area (Å²) in [6.07, 6.45) is 4.55. The second kappa shape index (κ2) is 16.3. The summed E-state index contributed by atoms with van der Waals surface area (Å²) in [5.41, 5.74) is 3.47. The summed E-state index contributed by atoms with van der Waals surface area (Å²) in [5, 5.41) is 3.60. The van der Waals surface area contributed by atoms with Gasteiger partial charge in [-0.15, -0.1) is 0 Å². The lowest BCUT2D eigenvalue weighted by Crippen LogP contribution is -2.50. The van der Waals surface area contributed by atoms with Crippen molar-refractivity contribution in [3.8, 4) is 0 Å². The van der Waals surface area contributed by atoms with Crippen molar-refractivity contribution in [2.45, 2.75) is 65.0 Å². The quantitative estimate of drug-likeness (QED) is 0.201. The number of sulfonamides is 1. The minimum atomic E-state index is -3.56. The van der Waals surface area contributed by atoms with Crippen molar-refractivity contribution >= 4 is 39.1 Å². The maximum Gasteiger partial charge on any atom is 0.243 e. The molecule has 0 radical (unpaired) electrons. The Bertz CT molecular complexity index is 1380. The first kappa shape index (κ1) is 33.1. The summed E-state index contributed by atoms with van der Waals surface area (Å²) in [6, 6.07) is 23.6. The standard InChI is InChI=1S/C33H42ClN3O4S/c1-4-6-22-35-33(39)31(24-27-11-8-7-9-12-27)36(25-28-14-18-29(34)19-15-28)32(38)13-10-23-37(42(3,40)41)30-20-16-26(5-2)17-21-30/h7-9,11-12,14-21,31H,4-6,10,13,22-25H2,1-3H3,(H,35,39)/t31-/m1/s1. The Morgan fingerprint density at radius 3 is 2.10 bits per heavy atom. The van der Waals surface area contributed by atoms with Gasteiger partial charge in [0.1, 0.15) is 6.04 Å². The van der Waals surface area contributed by atoms with E-state index in [2.05, 4.69) is 12.2 Å². The highest BCUT2D eigenvalue weighted by Crippen LogP contribution is 2.21. The van der Waals surface area contributed by atoms with Crippen LogP contribution in [0.4, 0.5) is 5.69 Å². The van der Waals surface area contributed by atoms with Crippen molar-refractivity contribution in [1.29, 1.82) is 0 Å². The molecule has 0 fully saturated rings. The first-order valence-electron chi connectivity index (χ1n) is 14.5. The van der Waals surface area contributed by atoms with Gasteiger partial charge in [0.25, 0.3) is 0 Å². The summed E-state index contributed by atoms with van der Waals surface area (Å²) in [5.74, 6) is -0.422. The summed E-state index contributed by atoms with van der Waals surface area (Å²) in [6.45, 7) is 5.01. The molecular weight excluding hydrogens is 570 g/mol. The van der Waals surface area contributed by atoms with Crippen LogP contribution in [0.15, 0.2) is 78.9 Å². The SMILES string of the molecule is CCCCNC(=O)[C@@H](Cc1ccccc1)N(Cc1ccc(Cl)cc1)C(=O)CCCN(c1ccc(CC)cc1)S(C)(=O)=O. The van der Waals surface area contributed by atoms with Crippen LogP contribution in [-0.4, -0.2) is 50.5 Å². The lowest BCUT2D eigenvalue weighted by molar-refractivity contribution is -0.141. The molecule has 0 aromatic heterocycles. The zero-order chi connectivity index (χ0) is 30.5. The number of amides is 2. The fourth-order valence-electron chi connectivity index (χ4n) is 4.75. The van der Waals surface area contributed by atoms with Crippen LogP contribution < -0.4 is 9.62 Å². The normalized spacial score (nSPS) is 12.0. The van der Waals surface area contributed by atoms with Crippen LogP contribution in [0.2, 0.25) is 5.02 Å². The maximum absolute atomic E-state index is 13.9. The number of nitrogens with zero attached hydrogens (tertiary/aromatic N) is 2. The average Bonchev–Trinajstić information content (AvgIpc) is 2.98. The molecule has 0 aliphatic carbocycles. The van der Waals surface area contributed by atoms with Gasteiger partial charge in [-0.3, -0.25) is 13.9 Å². The fourth-order valence-corrected chi connectivity index (χ4v) is 5.84. The lowest BCUT2D eigenvalue weighted by atomic mass is 10.0. The molecule has 0 bridgehead atoms. The van der Waals surface area contributed by atoms with Crippen molar-refractivity contribution in [2.24, 2.45) is 0 Å². The van der Waals surface area contributed by atoms with Crippen LogP contribution in [0.3, 0.4) is 0 Å². The van der Waals surface area contributed by atoms with Gasteiger partial charge >= 0.3 is 0 Å². The number of anilines is 1. The number of aryl methyl sites for hydroxylation is 1. The van der Waals surface area contributed by atoms with Crippen LogP contribution >= 0.6 is 11.6 Å². The van der Waals surface area contributed by atoms with Crippen LogP contribution in [-0.2, 0) is 39.0 Å². The monoisotopic (exact) mass is 611 g/mol. The summed E-state index contributed by atoms with van der Waals surface area (Å²) in [7, 11) is -3.56. The molecule has 2 amide bonds. The van der Waals surface area contributed by atoms with Gasteiger partial charge < -0.3 is 10.2 Å². The summed E-state index contributed by atoms with van der Waals surface area (Å²) < 4.78 is 26.7. The molecule has 42 heavy (non-hydrogen) atoms. The Morgan fingerprint density at radius 1 is 0.857 bits per heavy atom. The van der Waals surface area contributed by atoms with Crippen molar-refractivity contribution in [1.82, 2.24) is 10.2 Å². The van der Waals surface area contributed by atoms with Crippen molar-refractivity contribution < 1.29 is 18.0 Å². The molecule has 1 atom stereocenters. The highest BCUT2D eigenvalue weighted by Gasteiger charge is 2.30. The molecule has 0 saturated heterocycles. The van der Waals surface area contributed by atoms with E-state index in [1.807, 2.05) is 61.5 Å². The molecule has 0 spiro atoms. The smallest absolute Gasteiger partial charge is 0.243 e. The van der Waals surface area contributed by atoms with Gasteiger partial charge in [-0.1, -0.05) is 86.5 Å². The van der Waals surface area contributed by atoms with E-state index in [0.717, 1.165) is 36.0 Å². The Morgan fingerprint density at radius 2 is 1.50 bits per heavy atom. The van der Waals surface area contributed by atoms with Crippen molar-refractivity contribution in [3.05, 3.63) is 101 Å². The van der Waals surface area contributed by atoms with Crippen LogP contribution in [0.25, 0.3) is 0 Å². The number of nitrogens with one attached hydrogen (secondary N) is 1. The van der Waals surface area contributed by atoms with E-state index in [1.165, 1.54) is 10.6 Å². The number of rotatable bonds is 16. The topological polar surface area (TPSA) is 86.8 Å². The molecule has 0 aliphatic heterocycles. The maximum atomic E-state index is 13.9. The van der Waals surface area contributed by atoms with Gasteiger partial charge in [-0.05, 0) is 60.2 Å². The number of carbonyl (C=O) groups is 2. The minimum Gasteiger partial charge on any atom is -0.354 e. The van der Waals surface area contributed by atoms with E-state index in [-0.39, 0.29) is 31.3 Å². The Hall–Kier alpha value is -3.36. The number of hydrogen-bond donors (Lipinski definition) is 1. The molecule has 7 nitrogen and oxygen atoms in total. The molecule has 3 rings (SSSR count). The van der Waals surface area contributed by atoms with E-state index in [9.17, 15) is 18.0 Å². The van der Waals surface area contributed by atoms with E-state index in [1.54, 1.807) is 29.2 Å². The number of carbonyl (C=O) groups excluding carboxylic acids is 2. The number of unbranched alkanes of at least 4 members (excludes halogenated alkanes) is 1. The molecule has 0 aliphatic rings. The second-order valence-corrected chi connectivity index (χ2v) is 12.8. The molecule has 0 saturated carbocycles. The predicted octanol–water partition coefficient (Wildman–Crippen LogP) is 6.01. The average molecular weight is 612 g/mol. The number of benzene rings is 3. The second-order valence-electron chi connectivity index (χ2n) is 10.5. The van der Waals surface area contributed by atoms with Gasteiger partial charge in [0.2, 0.25) is 21.8 Å². The van der Waals surface area contributed by atoms with Crippen molar-refractivity contribution in [3.63, 3.8) is 0 Å². The number of hydrogen-bond acceptors (Lipinski definition) is 4. The zero-order valence-corrected chi connectivity index (χ0v) is 26.3. The van der Waals surface area contributed by atoms with Crippen LogP contribution in [0.5, 0.6) is 0 Å². The largest absolute Gasteiger partial charge is 0.354 e. The highest BCUT2D eigenvalue weighted by molar-refractivity contribution is 7.92. The number of halogens is 1. The molecule has 9 heteroatoms. The molecule has 226 valence electrons. The van der Waals surface area contributed by atoms with Gasteiger partial charge in [-0.25, -0.2) is 8.42 Å². The first-order chi connectivity index (χ1) is 20.1. The fraction of sp³-hybridized carbons (Fsp3) is 0.394. The zero-order valence-electron chi connectivity index (χ0n) is 24.8. The Labute approximate surface area is 255 Å². The highest BCUT2D eigenvalue weighted by atomic mass is 35.5. The van der Waals surface area contributed by atoms with E-state index in [0.29, 0.717) is 30.1 Å². The third-order valence-corrected chi connectivity index (χ3v) is 8.60. The van der Waals surface area contributed by atoms with Gasteiger partial charge in [-0.2, -0.15) is 0 Å². The molecule has 3 aromatic rings. The van der Waals surface area contributed by atoms with Gasteiger partial charge in [0.05, 0.1) is 11.9 Å². The first-order valence-corrected chi connectivity index (χ1v) is 16.8. The molecule has 3 aromatic carbocycles. The summed E-state index contributed by atoms with van der Waals surface area (Å²) in [4.78, 5) is 29.1. The summed E-state index contributed by atoms with van der Waals surface area (Å²) >= 11 is 6.11. The Balaban J connectivity index is 1.85. The van der Waals surface area contributed by atoms with Crippen LogP contribution in [0, 0.1) is 0 Å². The molecular formula is C33H42ClN3O4S. The predicted molar refractivity (Wildman–Crippen MR) is 171 cm³/mol. The molecule has 0 unspecified atom stereocenters. The third kappa shape index (κ3) is 10.2. The van der Waals surface area contributed by atoms with E-state index >= 15 is 0 Å². The van der Waals surface area contributed by atoms with Gasteiger partial charge in [0.15, 0.2) is 0 Å². The lowest BCUT2D eigenvalue weighted by Gasteiger charge is -2.32. The third-order valence-electron chi connectivity index (χ3n) is 7.15. The Kier molecular flexibility index (Phi) is 12.9. The van der Waals surface area contributed by atoms with Crippen molar-refractivity contribution in [2.75, 3.05) is 23.7 Å². The van der Waals surface area contributed by atoms with E-state index in [4.69, 9.17) is 11.6 Å². The minimum absolute atomic E-state index is 0.0835. The van der Waals surface area contributed by atoms with Gasteiger partial charge in [0, 0.05) is 37.5 Å². The van der Waals surface area contributed by atoms with Crippen LogP contribution in [0.1, 0.15) is 56.2 Å². The molecule has 0 heterocycles. The van der Waals surface area contributed by atoms with E-state index < -0.39 is 16.1 Å². The molecule has 1 N–H and O–H groups in total.